The maximum atomic E-state index is 13.2. The summed E-state index contributed by atoms with van der Waals surface area (Å²) in [6, 6.07) is 3.40. The second-order valence-electron chi connectivity index (χ2n) is 3.36. The highest BCUT2D eigenvalue weighted by atomic mass is 19.1. The Kier molecular flexibility index (Phi) is 5.57. The van der Waals surface area contributed by atoms with Gasteiger partial charge in [0.05, 0.1) is 7.11 Å². The Morgan fingerprint density at radius 2 is 2.17 bits per heavy atom. The molecule has 1 rings (SSSR count). The van der Waals surface area contributed by atoms with Crippen molar-refractivity contribution in [2.24, 2.45) is 0 Å². The van der Waals surface area contributed by atoms with Gasteiger partial charge in [-0.25, -0.2) is 13.6 Å². The molecule has 0 radical (unpaired) electrons. The van der Waals surface area contributed by atoms with Crippen LogP contribution in [0.2, 0.25) is 0 Å². The molecule has 0 aliphatic heterocycles. The van der Waals surface area contributed by atoms with Crippen LogP contribution < -0.4 is 5.32 Å². The first-order valence-corrected chi connectivity index (χ1v) is 5.22. The minimum Gasteiger partial charge on any atom is -0.466 e. The summed E-state index contributed by atoms with van der Waals surface area (Å²) < 4.78 is 30.2. The average Bonchev–Trinajstić information content (AvgIpc) is 2.35. The average molecular weight is 253 g/mol. The molecule has 0 bridgehead atoms. The van der Waals surface area contributed by atoms with E-state index >= 15 is 0 Å². The first-order valence-electron chi connectivity index (χ1n) is 5.22. The molecule has 1 N–H and O–H groups in total. The van der Waals surface area contributed by atoms with Gasteiger partial charge in [0.2, 0.25) is 0 Å². The van der Waals surface area contributed by atoms with Crippen molar-refractivity contribution in [3.05, 3.63) is 59.8 Å². The summed E-state index contributed by atoms with van der Waals surface area (Å²) >= 11 is 0. The van der Waals surface area contributed by atoms with Crippen LogP contribution in [0.4, 0.5) is 8.78 Å². The van der Waals surface area contributed by atoms with Gasteiger partial charge in [0, 0.05) is 24.3 Å². The van der Waals surface area contributed by atoms with Crippen molar-refractivity contribution in [3.8, 4) is 0 Å². The van der Waals surface area contributed by atoms with Gasteiger partial charge in [-0.05, 0) is 18.3 Å². The predicted molar refractivity (Wildman–Crippen MR) is 63.5 cm³/mol. The van der Waals surface area contributed by atoms with Crippen molar-refractivity contribution in [1.29, 1.82) is 0 Å². The lowest BCUT2D eigenvalue weighted by atomic mass is 10.2. The number of carbonyl (C=O) groups is 1. The van der Waals surface area contributed by atoms with Crippen LogP contribution in [0.25, 0.3) is 0 Å². The van der Waals surface area contributed by atoms with Crippen molar-refractivity contribution in [3.63, 3.8) is 0 Å². The van der Waals surface area contributed by atoms with E-state index in [1.54, 1.807) is 12.3 Å². The molecule has 0 aromatic heterocycles. The van der Waals surface area contributed by atoms with E-state index < -0.39 is 17.6 Å². The first-order chi connectivity index (χ1) is 8.63. The van der Waals surface area contributed by atoms with Crippen molar-refractivity contribution < 1.29 is 18.3 Å². The number of halogens is 2. The third-order valence-corrected chi connectivity index (χ3v) is 2.07. The highest BCUT2D eigenvalue weighted by molar-refractivity contribution is 5.82. The molecule has 0 fully saturated rings. The van der Waals surface area contributed by atoms with Crippen LogP contribution in [0.5, 0.6) is 0 Å². The molecule has 0 heterocycles. The maximum Gasteiger partial charge on any atom is 0.330 e. The second-order valence-corrected chi connectivity index (χ2v) is 3.36. The van der Waals surface area contributed by atoms with E-state index in [-0.39, 0.29) is 6.54 Å². The Hall–Kier alpha value is -2.17. The smallest absolute Gasteiger partial charge is 0.330 e. The van der Waals surface area contributed by atoms with Crippen molar-refractivity contribution in [1.82, 2.24) is 5.32 Å². The van der Waals surface area contributed by atoms with Crippen LogP contribution in [-0.4, -0.2) is 13.1 Å². The minimum atomic E-state index is -0.604. The lowest BCUT2D eigenvalue weighted by molar-refractivity contribution is -0.134. The van der Waals surface area contributed by atoms with E-state index in [1.807, 2.05) is 0 Å². The molecule has 1 aromatic carbocycles. The van der Waals surface area contributed by atoms with Crippen LogP contribution in [-0.2, 0) is 16.1 Å². The Balaban J connectivity index is 2.40. The summed E-state index contributed by atoms with van der Waals surface area (Å²) in [5, 5.41) is 2.81. The standard InChI is InChI=1S/C13H13F2NO2/c1-18-13(17)4-2-3-7-16-9-10-5-6-11(14)8-12(10)15/h2-8,16H,9H2,1H3/b4-2+,7-3+. The van der Waals surface area contributed by atoms with E-state index in [4.69, 9.17) is 0 Å². The van der Waals surface area contributed by atoms with Crippen LogP contribution in [0.1, 0.15) is 5.56 Å². The number of carbonyl (C=O) groups excluding carboxylic acids is 1. The molecule has 0 aliphatic rings. The predicted octanol–water partition coefficient (Wildman–Crippen LogP) is 2.30. The molecule has 1 aromatic rings. The normalized spacial score (nSPS) is 11.1. The summed E-state index contributed by atoms with van der Waals surface area (Å²) in [4.78, 5) is 10.7. The van der Waals surface area contributed by atoms with E-state index in [9.17, 15) is 13.6 Å². The molecule has 0 amide bonds. The van der Waals surface area contributed by atoms with Gasteiger partial charge in [0.1, 0.15) is 11.6 Å². The van der Waals surface area contributed by atoms with Crippen molar-refractivity contribution in [2.75, 3.05) is 7.11 Å². The fourth-order valence-electron chi connectivity index (χ4n) is 1.16. The van der Waals surface area contributed by atoms with Gasteiger partial charge in [-0.3, -0.25) is 0 Å². The minimum absolute atomic E-state index is 0.231. The van der Waals surface area contributed by atoms with Crippen LogP contribution in [0.3, 0.4) is 0 Å². The molecular formula is C13H13F2NO2. The number of rotatable bonds is 5. The van der Waals surface area contributed by atoms with Crippen LogP contribution >= 0.6 is 0 Å². The zero-order valence-electron chi connectivity index (χ0n) is 9.82. The van der Waals surface area contributed by atoms with Gasteiger partial charge in [0.25, 0.3) is 0 Å². The van der Waals surface area contributed by atoms with Gasteiger partial charge in [0.15, 0.2) is 0 Å². The summed E-state index contributed by atoms with van der Waals surface area (Å²) in [5.74, 6) is -1.65. The number of hydrogen-bond donors (Lipinski definition) is 1. The van der Waals surface area contributed by atoms with Crippen molar-refractivity contribution >= 4 is 5.97 Å². The van der Waals surface area contributed by atoms with Gasteiger partial charge >= 0.3 is 5.97 Å². The number of hydrogen-bond acceptors (Lipinski definition) is 3. The summed E-state index contributed by atoms with van der Waals surface area (Å²) in [7, 11) is 1.28. The molecular weight excluding hydrogens is 240 g/mol. The SMILES string of the molecule is COC(=O)/C=C/C=C/NCc1ccc(F)cc1F. The number of nitrogens with one attached hydrogen (secondary N) is 1. The Bertz CT molecular complexity index is 470. The van der Waals surface area contributed by atoms with Gasteiger partial charge in [-0.1, -0.05) is 12.1 Å². The zero-order valence-corrected chi connectivity index (χ0v) is 9.82. The summed E-state index contributed by atoms with van der Waals surface area (Å²) in [6.45, 7) is 0.231. The van der Waals surface area contributed by atoms with Crippen molar-refractivity contribution in [2.45, 2.75) is 6.54 Å². The number of ether oxygens (including phenoxy) is 1. The van der Waals surface area contributed by atoms with E-state index in [1.165, 1.54) is 31.4 Å². The highest BCUT2D eigenvalue weighted by Gasteiger charge is 2.01. The number of methoxy groups -OCH3 is 1. The van der Waals surface area contributed by atoms with E-state index in [2.05, 4.69) is 10.1 Å². The topological polar surface area (TPSA) is 38.3 Å². The molecule has 0 spiro atoms. The molecule has 0 aliphatic carbocycles. The van der Waals surface area contributed by atoms with E-state index in [0.717, 1.165) is 6.07 Å². The largest absolute Gasteiger partial charge is 0.466 e. The molecule has 0 saturated carbocycles. The molecule has 18 heavy (non-hydrogen) atoms. The van der Waals surface area contributed by atoms with Gasteiger partial charge in [-0.2, -0.15) is 0 Å². The van der Waals surface area contributed by atoms with Gasteiger partial charge < -0.3 is 10.1 Å². The van der Waals surface area contributed by atoms with Crippen LogP contribution in [0.15, 0.2) is 42.6 Å². The molecule has 5 heteroatoms. The second kappa shape index (κ2) is 7.21. The summed E-state index contributed by atoms with van der Waals surface area (Å²) in [6.07, 6.45) is 5.84. The Labute approximate surface area is 104 Å². The quantitative estimate of drug-likeness (QED) is 0.497. The highest BCUT2D eigenvalue weighted by Crippen LogP contribution is 2.08. The third kappa shape index (κ3) is 4.78. The Morgan fingerprint density at radius 3 is 2.83 bits per heavy atom. The fraction of sp³-hybridized carbons (Fsp3) is 0.154. The molecule has 0 saturated heterocycles. The molecule has 0 atom stereocenters. The fourth-order valence-corrected chi connectivity index (χ4v) is 1.16. The van der Waals surface area contributed by atoms with Gasteiger partial charge in [-0.15, -0.1) is 0 Å². The molecule has 3 nitrogen and oxygen atoms in total. The molecule has 96 valence electrons. The third-order valence-electron chi connectivity index (χ3n) is 2.07. The van der Waals surface area contributed by atoms with Crippen LogP contribution in [0, 0.1) is 11.6 Å². The zero-order chi connectivity index (χ0) is 13.4. The summed E-state index contributed by atoms with van der Waals surface area (Å²) in [5.41, 5.74) is 0.359. The lowest BCUT2D eigenvalue weighted by Gasteiger charge is -2.02. The maximum absolute atomic E-state index is 13.2. The number of benzene rings is 1. The monoisotopic (exact) mass is 253 g/mol. The first kappa shape index (κ1) is 13.9. The number of allylic oxidation sites excluding steroid dienone is 2. The Morgan fingerprint density at radius 1 is 1.39 bits per heavy atom. The number of esters is 1. The van der Waals surface area contributed by atoms with E-state index in [0.29, 0.717) is 5.56 Å². The lowest BCUT2D eigenvalue weighted by Crippen LogP contribution is -2.06. The molecule has 0 unspecified atom stereocenters.